The zero-order chi connectivity index (χ0) is 21.7. The molecule has 0 aromatic rings. The first-order valence-corrected chi connectivity index (χ1v) is 9.85. The zero-order valence-corrected chi connectivity index (χ0v) is 17.6. The number of ether oxygens (including phenoxy) is 3. The molecule has 0 unspecified atom stereocenters. The highest BCUT2D eigenvalue weighted by Crippen LogP contribution is 2.52. The molecule has 0 spiro atoms. The summed E-state index contributed by atoms with van der Waals surface area (Å²) in [4.78, 5) is 37.0. The third-order valence-electron chi connectivity index (χ3n) is 6.50. The first kappa shape index (κ1) is 21.3. The average Bonchev–Trinajstić information content (AvgIpc) is 3.11. The van der Waals surface area contributed by atoms with Gasteiger partial charge >= 0.3 is 17.9 Å². The normalized spacial score (nSPS) is 36.7. The second-order valence-corrected chi connectivity index (χ2v) is 8.11. The molecule has 1 fully saturated rings. The first-order valence-electron chi connectivity index (χ1n) is 9.85. The smallest absolute Gasteiger partial charge is 0.334 e. The van der Waals surface area contributed by atoms with E-state index in [1.165, 1.54) is 6.92 Å². The van der Waals surface area contributed by atoms with Gasteiger partial charge in [-0.15, -0.1) is 0 Å². The molecular formula is C22H28O7. The van der Waals surface area contributed by atoms with Gasteiger partial charge in [0.15, 0.2) is 6.10 Å². The maximum Gasteiger partial charge on any atom is 0.334 e. The average molecular weight is 404 g/mol. The summed E-state index contributed by atoms with van der Waals surface area (Å²) in [7, 11) is 0. The van der Waals surface area contributed by atoms with Crippen LogP contribution in [0.2, 0.25) is 0 Å². The number of carbonyl (C=O) groups excluding carboxylic acids is 3. The maximum absolute atomic E-state index is 12.6. The molecule has 3 rings (SSSR count). The van der Waals surface area contributed by atoms with Crippen molar-refractivity contribution in [3.05, 3.63) is 34.4 Å². The fourth-order valence-corrected chi connectivity index (χ4v) is 4.65. The number of aliphatic hydroxyl groups is 1. The van der Waals surface area contributed by atoms with E-state index in [-0.39, 0.29) is 0 Å². The molecule has 0 aromatic heterocycles. The lowest BCUT2D eigenvalue weighted by atomic mass is 9.76. The summed E-state index contributed by atoms with van der Waals surface area (Å²) in [6.07, 6.45) is 1.14. The fraction of sp³-hybridized carbons (Fsp3) is 0.591. The van der Waals surface area contributed by atoms with Crippen molar-refractivity contribution in [1.29, 1.82) is 0 Å². The third kappa shape index (κ3) is 3.21. The summed E-state index contributed by atoms with van der Waals surface area (Å²) in [6, 6.07) is 0. The number of esters is 3. The molecule has 0 radical (unpaired) electrons. The Morgan fingerprint density at radius 1 is 1.28 bits per heavy atom. The van der Waals surface area contributed by atoms with Crippen LogP contribution in [0, 0.1) is 11.8 Å². The molecule has 0 amide bonds. The standard InChI is InChI=1S/C22H28O7/c1-7-10(2)20(24)28-17-12(4)15-9-8-11(3)22(15,26)19-16(13(5)21(25)29-19)18(17)27-14(6)23/h7-8,13,16-19,26H,9H2,1-6H3/b10-7-/t13-,16+,17+,18+,19-,22+/m0/s1. The van der Waals surface area contributed by atoms with Crippen molar-refractivity contribution < 1.29 is 33.7 Å². The third-order valence-corrected chi connectivity index (χ3v) is 6.50. The molecule has 1 aliphatic heterocycles. The molecule has 7 heteroatoms. The van der Waals surface area contributed by atoms with Crippen LogP contribution in [0.4, 0.5) is 0 Å². The molecule has 1 saturated heterocycles. The van der Waals surface area contributed by atoms with Crippen LogP contribution in [0.15, 0.2) is 34.4 Å². The molecule has 158 valence electrons. The minimum atomic E-state index is -1.51. The van der Waals surface area contributed by atoms with E-state index in [0.29, 0.717) is 28.7 Å². The lowest BCUT2D eigenvalue weighted by Crippen LogP contribution is -2.50. The number of fused-ring (bicyclic) bond motifs is 3. The van der Waals surface area contributed by atoms with Crippen molar-refractivity contribution in [2.75, 3.05) is 0 Å². The number of hydrogen-bond donors (Lipinski definition) is 1. The van der Waals surface area contributed by atoms with Crippen molar-refractivity contribution in [2.45, 2.75) is 71.9 Å². The van der Waals surface area contributed by atoms with Gasteiger partial charge in [-0.2, -0.15) is 0 Å². The molecule has 0 saturated carbocycles. The highest BCUT2D eigenvalue weighted by molar-refractivity contribution is 5.88. The second-order valence-electron chi connectivity index (χ2n) is 8.11. The van der Waals surface area contributed by atoms with Crippen LogP contribution in [-0.2, 0) is 28.6 Å². The number of hydrogen-bond acceptors (Lipinski definition) is 7. The van der Waals surface area contributed by atoms with Crippen molar-refractivity contribution >= 4 is 17.9 Å². The highest BCUT2D eigenvalue weighted by Gasteiger charge is 2.63. The van der Waals surface area contributed by atoms with E-state index in [1.807, 2.05) is 6.08 Å². The molecule has 1 N–H and O–H groups in total. The van der Waals surface area contributed by atoms with E-state index in [9.17, 15) is 19.5 Å². The van der Waals surface area contributed by atoms with Crippen LogP contribution in [0.25, 0.3) is 0 Å². The fourth-order valence-electron chi connectivity index (χ4n) is 4.65. The number of rotatable bonds is 3. The van der Waals surface area contributed by atoms with Crippen LogP contribution in [0.1, 0.15) is 48.0 Å². The molecule has 29 heavy (non-hydrogen) atoms. The Balaban J connectivity index is 2.19. The first-order chi connectivity index (χ1) is 13.5. The summed E-state index contributed by atoms with van der Waals surface area (Å²) in [5.74, 6) is -2.89. The predicted octanol–water partition coefficient (Wildman–Crippen LogP) is 2.39. The molecule has 0 bridgehead atoms. The summed E-state index contributed by atoms with van der Waals surface area (Å²) in [6.45, 7) is 9.85. The Hall–Kier alpha value is -2.41. The van der Waals surface area contributed by atoms with Crippen LogP contribution in [0.3, 0.4) is 0 Å². The summed E-state index contributed by atoms with van der Waals surface area (Å²) in [5.41, 5.74) is 0.804. The maximum atomic E-state index is 12.6. The highest BCUT2D eigenvalue weighted by atomic mass is 16.6. The van der Waals surface area contributed by atoms with Gasteiger partial charge in [-0.1, -0.05) is 19.1 Å². The van der Waals surface area contributed by atoms with Crippen LogP contribution in [-0.4, -0.2) is 46.9 Å². The Labute approximate surface area is 170 Å². The van der Waals surface area contributed by atoms with E-state index >= 15 is 0 Å². The molecular weight excluding hydrogens is 376 g/mol. The van der Waals surface area contributed by atoms with Gasteiger partial charge in [0.2, 0.25) is 0 Å². The monoisotopic (exact) mass is 404 g/mol. The molecule has 3 aliphatic rings. The largest absolute Gasteiger partial charge is 0.458 e. The van der Waals surface area contributed by atoms with Gasteiger partial charge in [0, 0.05) is 12.5 Å². The molecule has 7 nitrogen and oxygen atoms in total. The topological polar surface area (TPSA) is 99.1 Å². The predicted molar refractivity (Wildman–Crippen MR) is 103 cm³/mol. The van der Waals surface area contributed by atoms with Crippen LogP contribution >= 0.6 is 0 Å². The van der Waals surface area contributed by atoms with Gasteiger partial charge in [0.25, 0.3) is 0 Å². The number of carbonyl (C=O) groups is 3. The second kappa shape index (κ2) is 7.44. The molecule has 0 aromatic carbocycles. The minimum Gasteiger partial charge on any atom is -0.458 e. The van der Waals surface area contributed by atoms with Crippen LogP contribution in [0.5, 0.6) is 0 Å². The van der Waals surface area contributed by atoms with Gasteiger partial charge < -0.3 is 19.3 Å². The van der Waals surface area contributed by atoms with Gasteiger partial charge in [-0.3, -0.25) is 9.59 Å². The van der Waals surface area contributed by atoms with Crippen molar-refractivity contribution in [1.82, 2.24) is 0 Å². The Morgan fingerprint density at radius 2 is 1.93 bits per heavy atom. The Bertz CT molecular complexity index is 849. The van der Waals surface area contributed by atoms with E-state index in [2.05, 4.69) is 0 Å². The zero-order valence-electron chi connectivity index (χ0n) is 17.6. The lowest BCUT2D eigenvalue weighted by molar-refractivity contribution is -0.170. The number of allylic oxidation sites excluding steroid dienone is 2. The van der Waals surface area contributed by atoms with E-state index in [0.717, 1.165) is 0 Å². The molecule has 6 atom stereocenters. The van der Waals surface area contributed by atoms with Gasteiger partial charge in [0.05, 0.1) is 11.8 Å². The summed E-state index contributed by atoms with van der Waals surface area (Å²) in [5, 5.41) is 11.7. The Kier molecular flexibility index (Phi) is 5.47. The lowest BCUT2D eigenvalue weighted by Gasteiger charge is -2.36. The summed E-state index contributed by atoms with van der Waals surface area (Å²) >= 11 is 0. The molecule has 1 heterocycles. The quantitative estimate of drug-likeness (QED) is 0.334. The SMILES string of the molecule is C/C=C(/C)C(=O)O[C@@H]1C(C)=C2CC=C(C)[C@]2(O)[C@H]2OC(=O)[C@@H](C)[C@@H]2[C@H]1OC(C)=O. The summed E-state index contributed by atoms with van der Waals surface area (Å²) < 4.78 is 17.0. The van der Waals surface area contributed by atoms with Crippen molar-refractivity contribution in [3.63, 3.8) is 0 Å². The minimum absolute atomic E-state index is 0.410. The van der Waals surface area contributed by atoms with Crippen molar-refractivity contribution in [3.8, 4) is 0 Å². The molecule has 2 aliphatic carbocycles. The van der Waals surface area contributed by atoms with Crippen LogP contribution < -0.4 is 0 Å². The Morgan fingerprint density at radius 3 is 2.52 bits per heavy atom. The van der Waals surface area contributed by atoms with E-state index in [1.54, 1.807) is 40.7 Å². The van der Waals surface area contributed by atoms with E-state index < -0.39 is 53.7 Å². The van der Waals surface area contributed by atoms with Gasteiger partial charge in [-0.25, -0.2) is 4.79 Å². The van der Waals surface area contributed by atoms with Gasteiger partial charge in [0.1, 0.15) is 17.8 Å². The van der Waals surface area contributed by atoms with E-state index in [4.69, 9.17) is 14.2 Å². The van der Waals surface area contributed by atoms with Crippen molar-refractivity contribution in [2.24, 2.45) is 11.8 Å². The van der Waals surface area contributed by atoms with Gasteiger partial charge in [-0.05, 0) is 50.8 Å².